The number of carbonyl (C=O) groups is 2. The molecule has 2 aromatic carbocycles. The van der Waals surface area contributed by atoms with Crippen molar-refractivity contribution in [2.24, 2.45) is 5.16 Å². The molecule has 2 aromatic rings. The van der Waals surface area contributed by atoms with Gasteiger partial charge in [0.1, 0.15) is 12.3 Å². The van der Waals surface area contributed by atoms with Crippen LogP contribution < -0.4 is 16.0 Å². The van der Waals surface area contributed by atoms with Gasteiger partial charge in [0, 0.05) is 54.0 Å². The van der Waals surface area contributed by atoms with E-state index in [1.54, 1.807) is 18.2 Å². The number of benzene rings is 2. The molecule has 3 aliphatic heterocycles. The maximum Gasteiger partial charge on any atom is 0.337 e. The summed E-state index contributed by atoms with van der Waals surface area (Å²) in [5.41, 5.74) is 4.80. The average Bonchev–Trinajstić information content (AvgIpc) is 3.38. The highest BCUT2D eigenvalue weighted by atomic mass is 79.9. The van der Waals surface area contributed by atoms with Crippen molar-refractivity contribution < 1.29 is 19.2 Å². The number of para-hydroxylation sites is 1. The van der Waals surface area contributed by atoms with E-state index in [2.05, 4.69) is 41.9 Å². The molecule has 3 heterocycles. The van der Waals surface area contributed by atoms with E-state index in [9.17, 15) is 9.59 Å². The van der Waals surface area contributed by atoms with Gasteiger partial charge < -0.3 is 25.5 Å². The first kappa shape index (κ1) is 22.6. The van der Waals surface area contributed by atoms with Gasteiger partial charge in [-0.1, -0.05) is 17.3 Å². The van der Waals surface area contributed by atoms with Gasteiger partial charge in [0.25, 0.3) is 5.91 Å². The van der Waals surface area contributed by atoms with Crippen molar-refractivity contribution >= 4 is 50.5 Å². The highest BCUT2D eigenvalue weighted by molar-refractivity contribution is 9.10. The number of nitrogens with zero attached hydrogens (tertiary/aromatic N) is 2. The Kier molecular flexibility index (Phi) is 6.36. The number of anilines is 2. The van der Waals surface area contributed by atoms with E-state index in [0.29, 0.717) is 40.5 Å². The zero-order valence-electron chi connectivity index (χ0n) is 18.6. The number of nitrogens with one attached hydrogen (secondary N) is 3. The number of allylic oxidation sites excluding steroid dienone is 1. The summed E-state index contributed by atoms with van der Waals surface area (Å²) in [6.07, 6.45) is 0. The smallest absolute Gasteiger partial charge is 0.337 e. The fraction of sp³-hybridized carbons (Fsp3) is 0.292. The monoisotopic (exact) mass is 525 g/mol. The summed E-state index contributed by atoms with van der Waals surface area (Å²) in [6, 6.07) is 10.8. The molecule has 3 aliphatic rings. The third kappa shape index (κ3) is 4.20. The van der Waals surface area contributed by atoms with Gasteiger partial charge in [-0.15, -0.1) is 0 Å². The fourth-order valence-electron chi connectivity index (χ4n) is 4.32. The molecule has 3 N–H and O–H groups in total. The largest absolute Gasteiger partial charge is 0.465 e. The summed E-state index contributed by atoms with van der Waals surface area (Å²) in [6.45, 7) is 5.07. The lowest BCUT2D eigenvalue weighted by Crippen LogP contribution is -2.44. The molecule has 10 heteroatoms. The van der Waals surface area contributed by atoms with E-state index in [4.69, 9.17) is 9.57 Å². The highest BCUT2D eigenvalue weighted by Gasteiger charge is 2.35. The van der Waals surface area contributed by atoms with Crippen LogP contribution in [-0.4, -0.2) is 68.9 Å². The highest BCUT2D eigenvalue weighted by Crippen LogP contribution is 2.42. The summed E-state index contributed by atoms with van der Waals surface area (Å²) in [5, 5.41) is 14.0. The number of hydrogen-bond donors (Lipinski definition) is 3. The molecule has 0 aromatic heterocycles. The summed E-state index contributed by atoms with van der Waals surface area (Å²) in [4.78, 5) is 33.1. The molecular formula is C24H24BrN5O4. The molecule has 0 spiro atoms. The van der Waals surface area contributed by atoms with Crippen LogP contribution in [-0.2, 0) is 14.4 Å². The Morgan fingerprint density at radius 1 is 1.15 bits per heavy atom. The molecular weight excluding hydrogens is 502 g/mol. The SMILES string of the molecule is COC(=O)c1ccc2c(c1)NC(=C1\C(=O)Nc3c(Br)cccc31)/C2=N/OCCN1CCNCC1. The van der Waals surface area contributed by atoms with Crippen LogP contribution in [0.1, 0.15) is 21.5 Å². The lowest BCUT2D eigenvalue weighted by Gasteiger charge is -2.26. The number of carbonyl (C=O) groups excluding carboxylic acids is 2. The molecule has 1 amide bonds. The van der Waals surface area contributed by atoms with Crippen LogP contribution in [0.15, 0.2) is 51.7 Å². The van der Waals surface area contributed by atoms with E-state index in [1.165, 1.54) is 7.11 Å². The van der Waals surface area contributed by atoms with E-state index in [1.807, 2.05) is 18.2 Å². The first-order valence-corrected chi connectivity index (χ1v) is 11.8. The van der Waals surface area contributed by atoms with Crippen molar-refractivity contribution in [1.29, 1.82) is 0 Å². The molecule has 1 saturated heterocycles. The minimum atomic E-state index is -0.440. The van der Waals surface area contributed by atoms with Gasteiger partial charge in [-0.25, -0.2) is 4.79 Å². The Morgan fingerprint density at radius 2 is 1.97 bits per heavy atom. The molecule has 0 unspecified atom stereocenters. The third-order valence-electron chi connectivity index (χ3n) is 6.06. The van der Waals surface area contributed by atoms with E-state index in [0.717, 1.165) is 48.3 Å². The number of piperazine rings is 1. The number of oxime groups is 1. The second-order valence-corrected chi connectivity index (χ2v) is 8.96. The Balaban J connectivity index is 1.51. The quantitative estimate of drug-likeness (QED) is 0.238. The Bertz CT molecular complexity index is 1220. The molecule has 1 fully saturated rings. The van der Waals surface area contributed by atoms with Crippen LogP contribution >= 0.6 is 15.9 Å². The van der Waals surface area contributed by atoms with Gasteiger partial charge in [0.2, 0.25) is 0 Å². The van der Waals surface area contributed by atoms with Gasteiger partial charge in [-0.3, -0.25) is 9.69 Å². The first-order chi connectivity index (χ1) is 16.6. The number of fused-ring (bicyclic) bond motifs is 2. The summed E-state index contributed by atoms with van der Waals surface area (Å²) < 4.78 is 5.65. The number of esters is 1. The molecule has 0 radical (unpaired) electrons. The normalized spacial score (nSPS) is 20.5. The Hall–Kier alpha value is -3.21. The van der Waals surface area contributed by atoms with E-state index >= 15 is 0 Å². The van der Waals surface area contributed by atoms with E-state index in [-0.39, 0.29) is 5.91 Å². The van der Waals surface area contributed by atoms with Crippen LogP contribution in [0, 0.1) is 0 Å². The van der Waals surface area contributed by atoms with Crippen LogP contribution in [0.5, 0.6) is 0 Å². The molecule has 176 valence electrons. The topological polar surface area (TPSA) is 104 Å². The van der Waals surface area contributed by atoms with Gasteiger partial charge in [0.05, 0.1) is 29.6 Å². The molecule has 0 bridgehead atoms. The standard InChI is InChI=1S/C24H24BrN5O4/c1-33-24(32)14-5-6-15-18(13-14)27-22(19-16-3-2-4-17(25)20(16)28-23(19)31)21(15)29-34-12-11-30-9-7-26-8-10-30/h2-6,13,26-27H,7-12H2,1H3,(H,28,31)/b22-19-,29-21+. The van der Waals surface area contributed by atoms with Crippen molar-refractivity contribution in [3.63, 3.8) is 0 Å². The third-order valence-corrected chi connectivity index (χ3v) is 6.72. The predicted octanol–water partition coefficient (Wildman–Crippen LogP) is 2.65. The van der Waals surface area contributed by atoms with Crippen LogP contribution in [0.25, 0.3) is 5.57 Å². The maximum atomic E-state index is 13.0. The zero-order chi connectivity index (χ0) is 23.7. The first-order valence-electron chi connectivity index (χ1n) is 11.0. The van der Waals surface area contributed by atoms with Crippen molar-refractivity contribution in [1.82, 2.24) is 10.2 Å². The number of hydrogen-bond acceptors (Lipinski definition) is 8. The lowest BCUT2D eigenvalue weighted by molar-refractivity contribution is -0.110. The van der Waals surface area contributed by atoms with Crippen molar-refractivity contribution in [2.75, 3.05) is 57.1 Å². The average molecular weight is 526 g/mol. The van der Waals surface area contributed by atoms with Crippen molar-refractivity contribution in [3.8, 4) is 0 Å². The second-order valence-electron chi connectivity index (χ2n) is 8.11. The Labute approximate surface area is 205 Å². The van der Waals surface area contributed by atoms with Gasteiger partial charge in [-0.2, -0.15) is 0 Å². The predicted molar refractivity (Wildman–Crippen MR) is 133 cm³/mol. The minimum Gasteiger partial charge on any atom is -0.465 e. The minimum absolute atomic E-state index is 0.237. The summed E-state index contributed by atoms with van der Waals surface area (Å²) in [7, 11) is 1.34. The number of methoxy groups -OCH3 is 1. The maximum absolute atomic E-state index is 13.0. The van der Waals surface area contributed by atoms with Crippen LogP contribution in [0.2, 0.25) is 0 Å². The van der Waals surface area contributed by atoms with E-state index < -0.39 is 5.97 Å². The number of rotatable bonds is 5. The molecule has 0 saturated carbocycles. The van der Waals surface area contributed by atoms with Gasteiger partial charge in [-0.05, 0) is 40.2 Å². The Morgan fingerprint density at radius 3 is 2.76 bits per heavy atom. The fourth-order valence-corrected chi connectivity index (χ4v) is 4.79. The molecule has 0 atom stereocenters. The van der Waals surface area contributed by atoms with Gasteiger partial charge in [0.15, 0.2) is 0 Å². The number of amides is 1. The zero-order valence-corrected chi connectivity index (χ0v) is 20.2. The summed E-state index contributed by atoms with van der Waals surface area (Å²) in [5.74, 6) is -0.678. The molecule has 34 heavy (non-hydrogen) atoms. The van der Waals surface area contributed by atoms with Crippen molar-refractivity contribution in [2.45, 2.75) is 0 Å². The summed E-state index contributed by atoms with van der Waals surface area (Å²) >= 11 is 3.50. The van der Waals surface area contributed by atoms with Crippen LogP contribution in [0.3, 0.4) is 0 Å². The van der Waals surface area contributed by atoms with Crippen molar-refractivity contribution in [3.05, 3.63) is 63.3 Å². The van der Waals surface area contributed by atoms with Crippen LogP contribution in [0.4, 0.5) is 11.4 Å². The molecule has 0 aliphatic carbocycles. The molecule has 5 rings (SSSR count). The number of halogens is 1. The van der Waals surface area contributed by atoms with Gasteiger partial charge >= 0.3 is 5.97 Å². The number of ether oxygens (including phenoxy) is 1. The second kappa shape index (κ2) is 9.57. The molecule has 9 nitrogen and oxygen atoms in total. The lowest BCUT2D eigenvalue weighted by atomic mass is 10.0.